The van der Waals surface area contributed by atoms with Crippen LogP contribution in [0.3, 0.4) is 0 Å². The van der Waals surface area contributed by atoms with Crippen LogP contribution in [0, 0.1) is 0 Å². The van der Waals surface area contributed by atoms with Crippen LogP contribution >= 0.6 is 11.6 Å². The van der Waals surface area contributed by atoms with Crippen molar-refractivity contribution in [2.24, 2.45) is 16.0 Å². The second-order valence-electron chi connectivity index (χ2n) is 8.00. The Hall–Kier alpha value is -3.88. The Kier molecular flexibility index (Phi) is 7.64. The standard InChI is InChI=1S/C26H26ClN5O3/c1-29-30-25(31(2)28)17-34-23-5-3-4-18(16-23)24-14-15-26(33)32(24)20-8-12-22(13-9-20)35-21-10-6-19(27)7-11-21/h3-13,16,24H,1,14-15,17,28H2,2H3/b30-25-/t24-/m1/s1. The molecule has 3 aromatic rings. The van der Waals surface area contributed by atoms with Crippen molar-refractivity contribution in [3.8, 4) is 17.2 Å². The highest BCUT2D eigenvalue weighted by Gasteiger charge is 2.33. The van der Waals surface area contributed by atoms with Crippen molar-refractivity contribution in [2.75, 3.05) is 18.6 Å². The average Bonchev–Trinajstić information content (AvgIpc) is 3.25. The molecule has 0 radical (unpaired) electrons. The molecule has 9 heteroatoms. The van der Waals surface area contributed by atoms with Crippen LogP contribution in [0.25, 0.3) is 0 Å². The molecule has 2 N–H and O–H groups in total. The van der Waals surface area contributed by atoms with Crippen molar-refractivity contribution in [3.05, 3.63) is 83.4 Å². The number of carbonyl (C=O) groups excluding carboxylic acids is 1. The molecule has 1 aliphatic heterocycles. The summed E-state index contributed by atoms with van der Waals surface area (Å²) < 4.78 is 11.7. The summed E-state index contributed by atoms with van der Waals surface area (Å²) in [6.07, 6.45) is 1.18. The van der Waals surface area contributed by atoms with Crippen LogP contribution in [0.2, 0.25) is 5.02 Å². The Morgan fingerprint density at radius 2 is 1.80 bits per heavy atom. The maximum absolute atomic E-state index is 12.8. The lowest BCUT2D eigenvalue weighted by atomic mass is 10.0. The maximum atomic E-state index is 12.8. The van der Waals surface area contributed by atoms with Crippen LogP contribution < -0.4 is 20.2 Å². The summed E-state index contributed by atoms with van der Waals surface area (Å²) >= 11 is 5.93. The van der Waals surface area contributed by atoms with E-state index in [2.05, 4.69) is 16.9 Å². The number of benzene rings is 3. The molecule has 0 aromatic heterocycles. The molecular weight excluding hydrogens is 466 g/mol. The lowest BCUT2D eigenvalue weighted by Gasteiger charge is -2.26. The van der Waals surface area contributed by atoms with E-state index in [0.29, 0.717) is 40.9 Å². The summed E-state index contributed by atoms with van der Waals surface area (Å²) in [5.74, 6) is 8.26. The number of amidine groups is 1. The summed E-state index contributed by atoms with van der Waals surface area (Å²) in [5, 5.41) is 9.37. The van der Waals surface area contributed by atoms with Crippen LogP contribution in [0.15, 0.2) is 83.0 Å². The molecular formula is C26H26ClN5O3. The summed E-state index contributed by atoms with van der Waals surface area (Å²) in [5.41, 5.74) is 1.79. The molecule has 35 heavy (non-hydrogen) atoms. The van der Waals surface area contributed by atoms with Gasteiger partial charge in [-0.3, -0.25) is 9.80 Å². The predicted octanol–water partition coefficient (Wildman–Crippen LogP) is 5.20. The third kappa shape index (κ3) is 5.98. The number of anilines is 1. The van der Waals surface area contributed by atoms with Crippen molar-refractivity contribution >= 4 is 35.7 Å². The minimum atomic E-state index is -0.103. The number of rotatable bonds is 8. The molecule has 1 atom stereocenters. The van der Waals surface area contributed by atoms with Crippen LogP contribution in [0.4, 0.5) is 5.69 Å². The number of nitrogens with zero attached hydrogens (tertiary/aromatic N) is 4. The van der Waals surface area contributed by atoms with E-state index in [9.17, 15) is 4.79 Å². The van der Waals surface area contributed by atoms with Gasteiger partial charge in [-0.05, 0) is 72.6 Å². The Bertz CT molecular complexity index is 1210. The van der Waals surface area contributed by atoms with E-state index in [-0.39, 0.29) is 18.6 Å². The number of likely N-dealkylation sites (N-methyl/N-ethyl adjacent to an activating group) is 1. The molecule has 0 bridgehead atoms. The number of halogens is 1. The monoisotopic (exact) mass is 491 g/mol. The fraction of sp³-hybridized carbons (Fsp3) is 0.192. The van der Waals surface area contributed by atoms with Crippen molar-refractivity contribution in [1.82, 2.24) is 5.01 Å². The largest absolute Gasteiger partial charge is 0.486 e. The summed E-state index contributed by atoms with van der Waals surface area (Å²) in [6, 6.07) is 22.2. The molecule has 0 saturated carbocycles. The van der Waals surface area contributed by atoms with Gasteiger partial charge < -0.3 is 14.4 Å². The lowest BCUT2D eigenvalue weighted by Crippen LogP contribution is -2.37. The molecule has 1 amide bonds. The number of carbonyl (C=O) groups is 1. The van der Waals surface area contributed by atoms with E-state index in [1.165, 1.54) is 5.01 Å². The van der Waals surface area contributed by atoms with E-state index in [4.69, 9.17) is 26.9 Å². The van der Waals surface area contributed by atoms with Crippen molar-refractivity contribution in [3.63, 3.8) is 0 Å². The minimum absolute atomic E-state index is 0.0731. The number of nitrogens with two attached hydrogens (primary N) is 1. The molecule has 0 unspecified atom stereocenters. The SMILES string of the molecule is C=N/N=C(/COc1cccc([C@H]2CCC(=O)N2c2ccc(Oc3ccc(Cl)cc3)cc2)c1)N(C)N. The molecule has 0 spiro atoms. The second kappa shape index (κ2) is 11.0. The number of ether oxygens (including phenoxy) is 2. The number of hydrogen-bond donors (Lipinski definition) is 1. The van der Waals surface area contributed by atoms with E-state index in [1.807, 2.05) is 53.4 Å². The van der Waals surface area contributed by atoms with E-state index < -0.39 is 0 Å². The molecule has 1 aliphatic rings. The fourth-order valence-electron chi connectivity index (χ4n) is 3.88. The van der Waals surface area contributed by atoms with Gasteiger partial charge in [0.05, 0.1) is 6.04 Å². The van der Waals surface area contributed by atoms with Gasteiger partial charge in [-0.2, -0.15) is 5.10 Å². The van der Waals surface area contributed by atoms with E-state index in [0.717, 1.165) is 11.3 Å². The van der Waals surface area contributed by atoms with Gasteiger partial charge in [0.15, 0.2) is 5.84 Å². The van der Waals surface area contributed by atoms with Gasteiger partial charge in [-0.1, -0.05) is 23.7 Å². The predicted molar refractivity (Wildman–Crippen MR) is 138 cm³/mol. The zero-order chi connectivity index (χ0) is 24.8. The summed E-state index contributed by atoms with van der Waals surface area (Å²) in [4.78, 5) is 14.6. The molecule has 180 valence electrons. The molecule has 8 nitrogen and oxygen atoms in total. The first-order valence-corrected chi connectivity index (χ1v) is 11.4. The lowest BCUT2D eigenvalue weighted by molar-refractivity contribution is -0.117. The second-order valence-corrected chi connectivity index (χ2v) is 8.43. The van der Waals surface area contributed by atoms with Crippen molar-refractivity contribution in [2.45, 2.75) is 18.9 Å². The Labute approximate surface area is 209 Å². The Balaban J connectivity index is 1.49. The zero-order valence-corrected chi connectivity index (χ0v) is 20.1. The molecule has 1 saturated heterocycles. The van der Waals surface area contributed by atoms with Gasteiger partial charge >= 0.3 is 0 Å². The quantitative estimate of drug-likeness (QED) is 0.202. The molecule has 0 aliphatic carbocycles. The van der Waals surface area contributed by atoms with Crippen LogP contribution in [0.1, 0.15) is 24.4 Å². The highest BCUT2D eigenvalue weighted by molar-refractivity contribution is 6.30. The Morgan fingerprint density at radius 1 is 1.11 bits per heavy atom. The number of hydrogen-bond acceptors (Lipinski definition) is 6. The van der Waals surface area contributed by atoms with E-state index in [1.54, 1.807) is 31.3 Å². The average molecular weight is 492 g/mol. The first kappa shape index (κ1) is 24.3. The van der Waals surface area contributed by atoms with E-state index >= 15 is 0 Å². The van der Waals surface area contributed by atoms with Gasteiger partial charge in [-0.25, -0.2) is 5.84 Å². The topological polar surface area (TPSA) is 92.8 Å². The zero-order valence-electron chi connectivity index (χ0n) is 19.3. The van der Waals surface area contributed by atoms with Gasteiger partial charge in [0, 0.05) is 30.9 Å². The van der Waals surface area contributed by atoms with Gasteiger partial charge in [0.25, 0.3) is 0 Å². The Morgan fingerprint density at radius 3 is 2.46 bits per heavy atom. The third-order valence-corrected chi connectivity index (χ3v) is 5.83. The molecule has 1 fully saturated rings. The first-order valence-electron chi connectivity index (χ1n) is 11.0. The normalized spacial score (nSPS) is 15.7. The summed E-state index contributed by atoms with van der Waals surface area (Å²) in [6.45, 7) is 3.49. The summed E-state index contributed by atoms with van der Waals surface area (Å²) in [7, 11) is 1.65. The van der Waals surface area contributed by atoms with Gasteiger partial charge in [-0.15, -0.1) is 5.10 Å². The van der Waals surface area contributed by atoms with Gasteiger partial charge in [0.1, 0.15) is 23.9 Å². The smallest absolute Gasteiger partial charge is 0.227 e. The van der Waals surface area contributed by atoms with Gasteiger partial charge in [0.2, 0.25) is 5.91 Å². The van der Waals surface area contributed by atoms with Crippen LogP contribution in [-0.2, 0) is 4.79 Å². The molecule has 1 heterocycles. The highest BCUT2D eigenvalue weighted by Crippen LogP contribution is 2.38. The fourth-order valence-corrected chi connectivity index (χ4v) is 4.01. The van der Waals surface area contributed by atoms with Crippen LogP contribution in [0.5, 0.6) is 17.2 Å². The first-order chi connectivity index (χ1) is 16.9. The number of amides is 1. The molecule has 3 aromatic carbocycles. The van der Waals surface area contributed by atoms with Crippen molar-refractivity contribution in [1.29, 1.82) is 0 Å². The maximum Gasteiger partial charge on any atom is 0.227 e. The number of hydrazine groups is 1. The molecule has 4 rings (SSSR count). The third-order valence-electron chi connectivity index (χ3n) is 5.58. The van der Waals surface area contributed by atoms with Crippen molar-refractivity contribution < 1.29 is 14.3 Å². The minimum Gasteiger partial charge on any atom is -0.486 e. The van der Waals surface area contributed by atoms with Crippen LogP contribution in [-0.4, -0.2) is 37.1 Å². The highest BCUT2D eigenvalue weighted by atomic mass is 35.5.